The summed E-state index contributed by atoms with van der Waals surface area (Å²) in [5, 5.41) is 2.92. The maximum atomic E-state index is 12.0. The molecule has 0 fully saturated rings. The molecule has 3 nitrogen and oxygen atoms in total. The summed E-state index contributed by atoms with van der Waals surface area (Å²) in [5.74, 6) is 0.158. The lowest BCUT2D eigenvalue weighted by Gasteiger charge is -2.28. The summed E-state index contributed by atoms with van der Waals surface area (Å²) in [6, 6.07) is 10.4. The Labute approximate surface area is 104 Å². The van der Waals surface area contributed by atoms with Crippen molar-refractivity contribution in [3.63, 3.8) is 0 Å². The van der Waals surface area contributed by atoms with Crippen LogP contribution in [0.15, 0.2) is 30.3 Å². The van der Waals surface area contributed by atoms with E-state index in [9.17, 15) is 4.79 Å². The molecule has 0 spiro atoms. The second kappa shape index (κ2) is 7.07. The van der Waals surface area contributed by atoms with Crippen molar-refractivity contribution in [2.75, 3.05) is 13.6 Å². The number of hydrogen-bond acceptors (Lipinski definition) is 2. The Balaban J connectivity index is 2.73. The van der Waals surface area contributed by atoms with Gasteiger partial charge in [-0.25, -0.2) is 0 Å². The summed E-state index contributed by atoms with van der Waals surface area (Å²) in [7, 11) is 1.80. The Morgan fingerprint density at radius 2 is 2.00 bits per heavy atom. The molecule has 0 aliphatic rings. The summed E-state index contributed by atoms with van der Waals surface area (Å²) >= 11 is 0. The zero-order valence-electron chi connectivity index (χ0n) is 10.9. The van der Waals surface area contributed by atoms with Crippen molar-refractivity contribution in [3.8, 4) is 0 Å². The molecule has 1 aromatic carbocycles. The van der Waals surface area contributed by atoms with Gasteiger partial charge in [0.05, 0.1) is 6.54 Å². The lowest BCUT2D eigenvalue weighted by atomic mass is 10.1. The highest BCUT2D eigenvalue weighted by Crippen LogP contribution is 2.10. The quantitative estimate of drug-likeness (QED) is 0.817. The van der Waals surface area contributed by atoms with E-state index < -0.39 is 0 Å². The van der Waals surface area contributed by atoms with Gasteiger partial charge in [0, 0.05) is 12.6 Å². The van der Waals surface area contributed by atoms with Gasteiger partial charge in [-0.1, -0.05) is 37.3 Å². The Morgan fingerprint density at radius 3 is 2.53 bits per heavy atom. The third kappa shape index (κ3) is 4.19. The number of likely N-dealkylation sites (N-methyl/N-ethyl adjacent to an activating group) is 1. The third-order valence-electron chi connectivity index (χ3n) is 2.97. The normalized spacial score (nSPS) is 12.2. The highest BCUT2D eigenvalue weighted by Gasteiger charge is 2.18. The number of rotatable bonds is 6. The molecule has 1 N–H and O–H groups in total. The lowest BCUT2D eigenvalue weighted by molar-refractivity contribution is -0.132. The van der Waals surface area contributed by atoms with Crippen LogP contribution in [0.4, 0.5) is 0 Å². The van der Waals surface area contributed by atoms with E-state index in [4.69, 9.17) is 0 Å². The smallest absolute Gasteiger partial charge is 0.237 e. The second-order valence-corrected chi connectivity index (χ2v) is 4.29. The minimum atomic E-state index is 0.158. The van der Waals surface area contributed by atoms with Crippen LogP contribution in [0.25, 0.3) is 0 Å². The van der Waals surface area contributed by atoms with E-state index in [1.54, 1.807) is 7.05 Å². The summed E-state index contributed by atoms with van der Waals surface area (Å²) < 4.78 is 0. The molecular weight excluding hydrogens is 212 g/mol. The van der Waals surface area contributed by atoms with Gasteiger partial charge in [-0.2, -0.15) is 0 Å². The van der Waals surface area contributed by atoms with E-state index in [0.717, 1.165) is 6.42 Å². The monoisotopic (exact) mass is 234 g/mol. The number of nitrogens with one attached hydrogen (secondary N) is 1. The number of carbonyl (C=O) groups is 1. The number of amides is 1. The largest absolute Gasteiger partial charge is 0.335 e. The summed E-state index contributed by atoms with van der Waals surface area (Å²) in [4.78, 5) is 13.9. The molecule has 1 rings (SSSR count). The summed E-state index contributed by atoms with van der Waals surface area (Å²) in [6.07, 6.45) is 0.974. The van der Waals surface area contributed by atoms with Crippen LogP contribution in [-0.4, -0.2) is 30.4 Å². The molecule has 3 heteroatoms. The molecule has 1 unspecified atom stereocenters. The van der Waals surface area contributed by atoms with Crippen molar-refractivity contribution in [2.24, 2.45) is 0 Å². The van der Waals surface area contributed by atoms with Gasteiger partial charge < -0.3 is 10.2 Å². The van der Waals surface area contributed by atoms with Crippen molar-refractivity contribution >= 4 is 5.91 Å². The third-order valence-corrected chi connectivity index (χ3v) is 2.97. The zero-order valence-corrected chi connectivity index (χ0v) is 10.9. The molecule has 0 aliphatic carbocycles. The fraction of sp³-hybridized carbons (Fsp3) is 0.500. The molecule has 0 saturated heterocycles. The van der Waals surface area contributed by atoms with Crippen LogP contribution in [0.3, 0.4) is 0 Å². The highest BCUT2D eigenvalue weighted by atomic mass is 16.2. The first-order chi connectivity index (χ1) is 8.19. The zero-order chi connectivity index (χ0) is 12.7. The van der Waals surface area contributed by atoms with Gasteiger partial charge in [0.2, 0.25) is 5.91 Å². The minimum absolute atomic E-state index is 0.158. The van der Waals surface area contributed by atoms with Crippen LogP contribution in [0.1, 0.15) is 25.8 Å². The number of carbonyl (C=O) groups excluding carboxylic acids is 1. The first-order valence-electron chi connectivity index (χ1n) is 6.17. The average Bonchev–Trinajstić information content (AvgIpc) is 2.36. The maximum Gasteiger partial charge on any atom is 0.237 e. The average molecular weight is 234 g/mol. The van der Waals surface area contributed by atoms with Gasteiger partial charge in [0.25, 0.3) is 0 Å². The Morgan fingerprint density at radius 1 is 1.35 bits per heavy atom. The van der Waals surface area contributed by atoms with Crippen LogP contribution >= 0.6 is 0 Å². The van der Waals surface area contributed by atoms with Gasteiger partial charge >= 0.3 is 0 Å². The van der Waals surface area contributed by atoms with Gasteiger partial charge in [0.1, 0.15) is 0 Å². The van der Waals surface area contributed by atoms with Crippen LogP contribution in [0.2, 0.25) is 0 Å². The van der Waals surface area contributed by atoms with E-state index in [2.05, 4.69) is 31.3 Å². The lowest BCUT2D eigenvalue weighted by Crippen LogP contribution is -2.42. The molecule has 0 radical (unpaired) electrons. The van der Waals surface area contributed by atoms with Crippen LogP contribution < -0.4 is 5.32 Å². The minimum Gasteiger partial charge on any atom is -0.335 e. The van der Waals surface area contributed by atoms with Crippen molar-refractivity contribution in [1.82, 2.24) is 10.2 Å². The van der Waals surface area contributed by atoms with E-state index in [1.807, 2.05) is 23.1 Å². The first-order valence-corrected chi connectivity index (χ1v) is 6.17. The first kappa shape index (κ1) is 13.7. The fourth-order valence-corrected chi connectivity index (χ4v) is 1.74. The fourth-order valence-electron chi connectivity index (χ4n) is 1.74. The number of hydrogen-bond donors (Lipinski definition) is 1. The van der Waals surface area contributed by atoms with Crippen molar-refractivity contribution in [1.29, 1.82) is 0 Å². The Bertz CT molecular complexity index is 337. The molecule has 0 bridgehead atoms. The SMILES string of the molecule is CCC(C)N(Cc1ccccc1)C(=O)CNC. The van der Waals surface area contributed by atoms with E-state index >= 15 is 0 Å². The Kier molecular flexibility index (Phi) is 5.70. The van der Waals surface area contributed by atoms with Crippen molar-refractivity contribution in [3.05, 3.63) is 35.9 Å². The van der Waals surface area contributed by atoms with E-state index in [1.165, 1.54) is 5.56 Å². The molecular formula is C14H22N2O. The molecule has 94 valence electrons. The van der Waals surface area contributed by atoms with Gasteiger partial charge in [-0.15, -0.1) is 0 Å². The molecule has 0 aromatic heterocycles. The highest BCUT2D eigenvalue weighted by molar-refractivity contribution is 5.78. The summed E-state index contributed by atoms with van der Waals surface area (Å²) in [6.45, 7) is 5.29. The predicted octanol–water partition coefficient (Wildman–Crippen LogP) is 2.03. The molecule has 1 aromatic rings. The maximum absolute atomic E-state index is 12.0. The van der Waals surface area contributed by atoms with E-state index in [0.29, 0.717) is 13.1 Å². The van der Waals surface area contributed by atoms with Crippen LogP contribution in [0, 0.1) is 0 Å². The second-order valence-electron chi connectivity index (χ2n) is 4.29. The van der Waals surface area contributed by atoms with Crippen LogP contribution in [0.5, 0.6) is 0 Å². The molecule has 0 aliphatic heterocycles. The van der Waals surface area contributed by atoms with Gasteiger partial charge in [0.15, 0.2) is 0 Å². The molecule has 0 heterocycles. The van der Waals surface area contributed by atoms with Crippen molar-refractivity contribution in [2.45, 2.75) is 32.9 Å². The number of nitrogens with zero attached hydrogens (tertiary/aromatic N) is 1. The summed E-state index contributed by atoms with van der Waals surface area (Å²) in [5.41, 5.74) is 1.18. The number of benzene rings is 1. The standard InChI is InChI=1S/C14H22N2O/c1-4-12(2)16(14(17)10-15-3)11-13-8-6-5-7-9-13/h5-9,12,15H,4,10-11H2,1-3H3. The molecule has 0 saturated carbocycles. The van der Waals surface area contributed by atoms with Gasteiger partial charge in [-0.05, 0) is 26.0 Å². The van der Waals surface area contributed by atoms with Crippen LogP contribution in [-0.2, 0) is 11.3 Å². The molecule has 1 atom stereocenters. The predicted molar refractivity (Wildman–Crippen MR) is 70.7 cm³/mol. The molecule has 17 heavy (non-hydrogen) atoms. The molecule has 1 amide bonds. The van der Waals surface area contributed by atoms with Gasteiger partial charge in [-0.3, -0.25) is 4.79 Å². The van der Waals surface area contributed by atoms with E-state index in [-0.39, 0.29) is 11.9 Å². The van der Waals surface area contributed by atoms with Crippen molar-refractivity contribution < 1.29 is 4.79 Å². The topological polar surface area (TPSA) is 32.3 Å². The Hall–Kier alpha value is -1.35.